The van der Waals surface area contributed by atoms with E-state index >= 15 is 0 Å². The minimum absolute atomic E-state index is 0.0496. The van der Waals surface area contributed by atoms with Gasteiger partial charge in [-0.3, -0.25) is 0 Å². The second-order valence-electron chi connectivity index (χ2n) is 9.86. The summed E-state index contributed by atoms with van der Waals surface area (Å²) in [6, 6.07) is 9.78. The van der Waals surface area contributed by atoms with Gasteiger partial charge in [-0.15, -0.1) is 0 Å². The van der Waals surface area contributed by atoms with Gasteiger partial charge in [0, 0.05) is 0 Å². The fraction of sp³-hybridized carbons (Fsp3) is 0.760. The zero-order chi connectivity index (χ0) is 18.0. The number of fused-ring (bicyclic) bond motifs is 3. The lowest BCUT2D eigenvalue weighted by Gasteiger charge is -2.54. The molecule has 2 bridgehead atoms. The van der Waals surface area contributed by atoms with E-state index in [1.165, 1.54) is 69.8 Å². The molecule has 0 spiro atoms. The number of rotatable bonds is 6. The van der Waals surface area contributed by atoms with Crippen molar-refractivity contribution in [2.75, 3.05) is 0 Å². The number of aliphatic hydroxyl groups excluding tert-OH is 1. The van der Waals surface area contributed by atoms with Crippen LogP contribution in [0.3, 0.4) is 0 Å². The highest BCUT2D eigenvalue weighted by Gasteiger charge is 2.48. The molecule has 0 unspecified atom stereocenters. The van der Waals surface area contributed by atoms with Gasteiger partial charge >= 0.3 is 0 Å². The maximum Gasteiger partial charge on any atom is 0.0540 e. The largest absolute Gasteiger partial charge is 0.393 e. The molecular weight excluding hydrogens is 316 g/mol. The Morgan fingerprint density at radius 3 is 2.04 bits per heavy atom. The Balaban J connectivity index is 1.40. The topological polar surface area (TPSA) is 20.2 Å². The highest BCUT2D eigenvalue weighted by atomic mass is 16.3. The molecule has 0 amide bonds. The predicted octanol–water partition coefficient (Wildman–Crippen LogP) is 6.88. The van der Waals surface area contributed by atoms with Crippen LogP contribution in [0, 0.1) is 5.41 Å². The summed E-state index contributed by atoms with van der Waals surface area (Å²) in [4.78, 5) is 0. The third kappa shape index (κ3) is 3.61. The molecule has 0 saturated heterocycles. The van der Waals surface area contributed by atoms with Crippen molar-refractivity contribution in [3.05, 3.63) is 35.4 Å². The fourth-order valence-electron chi connectivity index (χ4n) is 6.34. The molecule has 0 radical (unpaired) electrons. The van der Waals surface area contributed by atoms with Gasteiger partial charge in [0.1, 0.15) is 0 Å². The second-order valence-corrected chi connectivity index (χ2v) is 9.86. The quantitative estimate of drug-likeness (QED) is 0.552. The minimum Gasteiger partial charge on any atom is -0.393 e. The van der Waals surface area contributed by atoms with Crippen molar-refractivity contribution >= 4 is 0 Å². The molecule has 0 aliphatic heterocycles. The highest BCUT2D eigenvalue weighted by molar-refractivity contribution is 5.33. The van der Waals surface area contributed by atoms with E-state index in [4.69, 9.17) is 0 Å². The molecule has 4 aliphatic carbocycles. The molecule has 0 heterocycles. The molecule has 1 aromatic carbocycles. The summed E-state index contributed by atoms with van der Waals surface area (Å²) in [5.74, 6) is 0.675. The van der Waals surface area contributed by atoms with Gasteiger partial charge < -0.3 is 5.11 Å². The molecule has 0 aromatic heterocycles. The van der Waals surface area contributed by atoms with E-state index in [1.54, 1.807) is 5.56 Å². The number of aliphatic hydroxyl groups is 1. The molecule has 144 valence electrons. The number of benzene rings is 1. The van der Waals surface area contributed by atoms with Crippen LogP contribution in [-0.4, -0.2) is 11.2 Å². The van der Waals surface area contributed by atoms with Crippen LogP contribution in [0.2, 0.25) is 0 Å². The Morgan fingerprint density at radius 2 is 1.46 bits per heavy atom. The SMILES string of the molecule is CCCCCC12CCC(c3ccc(C4CCC(O)CC4)cc3)(CC1)CC2. The minimum atomic E-state index is -0.0496. The zero-order valence-electron chi connectivity index (χ0n) is 16.8. The average molecular weight is 355 g/mol. The van der Waals surface area contributed by atoms with Crippen molar-refractivity contribution < 1.29 is 5.11 Å². The van der Waals surface area contributed by atoms with Gasteiger partial charge in [0.05, 0.1) is 6.10 Å². The summed E-state index contributed by atoms with van der Waals surface area (Å²) in [7, 11) is 0. The third-order valence-corrected chi connectivity index (χ3v) is 8.40. The zero-order valence-corrected chi connectivity index (χ0v) is 16.8. The Morgan fingerprint density at radius 1 is 0.846 bits per heavy atom. The summed E-state index contributed by atoms with van der Waals surface area (Å²) in [6.07, 6.45) is 18.6. The standard InChI is InChI=1S/C25H38O/c1-2-3-4-13-24-14-17-25(18-15-24,19-16-24)22-9-5-20(6-10-22)21-7-11-23(26)12-8-21/h5-6,9-10,21,23,26H,2-4,7-8,11-19H2,1H3. The molecule has 5 rings (SSSR count). The van der Waals surface area contributed by atoms with E-state index in [0.29, 0.717) is 16.7 Å². The second kappa shape index (κ2) is 7.66. The first kappa shape index (κ1) is 18.5. The van der Waals surface area contributed by atoms with Crippen LogP contribution in [0.25, 0.3) is 0 Å². The van der Waals surface area contributed by atoms with Crippen molar-refractivity contribution in [2.45, 2.75) is 114 Å². The maximum atomic E-state index is 9.75. The van der Waals surface area contributed by atoms with Crippen LogP contribution in [-0.2, 0) is 5.41 Å². The molecule has 1 heteroatoms. The van der Waals surface area contributed by atoms with E-state index in [2.05, 4.69) is 31.2 Å². The first-order valence-corrected chi connectivity index (χ1v) is 11.4. The predicted molar refractivity (Wildman–Crippen MR) is 110 cm³/mol. The maximum absolute atomic E-state index is 9.75. The normalized spacial score (nSPS) is 37.0. The highest BCUT2D eigenvalue weighted by Crippen LogP contribution is 2.59. The lowest BCUT2D eigenvalue weighted by molar-refractivity contribution is 0.0305. The van der Waals surface area contributed by atoms with E-state index in [9.17, 15) is 5.11 Å². The lowest BCUT2D eigenvalue weighted by Crippen LogP contribution is -2.44. The van der Waals surface area contributed by atoms with Gasteiger partial charge in [0.25, 0.3) is 0 Å². The lowest BCUT2D eigenvalue weighted by atomic mass is 9.51. The molecule has 1 nitrogen and oxygen atoms in total. The first-order chi connectivity index (χ1) is 12.6. The summed E-state index contributed by atoms with van der Waals surface area (Å²) < 4.78 is 0. The van der Waals surface area contributed by atoms with Gasteiger partial charge in [-0.2, -0.15) is 0 Å². The van der Waals surface area contributed by atoms with Gasteiger partial charge in [-0.1, -0.05) is 50.5 Å². The molecule has 4 fully saturated rings. The molecule has 1 N–H and O–H groups in total. The molecule has 0 atom stereocenters. The number of unbranched alkanes of at least 4 members (excludes halogenated alkanes) is 2. The van der Waals surface area contributed by atoms with Crippen LogP contribution >= 0.6 is 0 Å². The Labute approximate surface area is 160 Å². The number of hydrogen-bond donors (Lipinski definition) is 1. The Bertz CT molecular complexity index is 554. The molecule has 4 saturated carbocycles. The molecule has 26 heavy (non-hydrogen) atoms. The number of hydrogen-bond acceptors (Lipinski definition) is 1. The van der Waals surface area contributed by atoms with E-state index in [0.717, 1.165) is 25.7 Å². The van der Waals surface area contributed by atoms with Crippen LogP contribution < -0.4 is 0 Å². The van der Waals surface area contributed by atoms with E-state index in [1.807, 2.05) is 0 Å². The van der Waals surface area contributed by atoms with Crippen molar-refractivity contribution in [2.24, 2.45) is 5.41 Å². The Hall–Kier alpha value is -0.820. The van der Waals surface area contributed by atoms with Crippen molar-refractivity contribution in [3.63, 3.8) is 0 Å². The fourth-order valence-corrected chi connectivity index (χ4v) is 6.34. The molecule has 4 aliphatic rings. The van der Waals surface area contributed by atoms with Crippen LogP contribution in [0.1, 0.15) is 114 Å². The van der Waals surface area contributed by atoms with Crippen LogP contribution in [0.15, 0.2) is 24.3 Å². The summed E-state index contributed by atoms with van der Waals surface area (Å²) in [5, 5.41) is 9.75. The van der Waals surface area contributed by atoms with Gasteiger partial charge in [0.2, 0.25) is 0 Å². The van der Waals surface area contributed by atoms with Gasteiger partial charge in [0.15, 0.2) is 0 Å². The molecule has 1 aromatic rings. The van der Waals surface area contributed by atoms with Gasteiger partial charge in [-0.05, 0) is 98.5 Å². The summed E-state index contributed by atoms with van der Waals surface area (Å²) in [5.41, 5.74) is 4.34. The van der Waals surface area contributed by atoms with Crippen molar-refractivity contribution in [1.82, 2.24) is 0 Å². The van der Waals surface area contributed by atoms with Gasteiger partial charge in [-0.25, -0.2) is 0 Å². The van der Waals surface area contributed by atoms with E-state index < -0.39 is 0 Å². The smallest absolute Gasteiger partial charge is 0.0540 e. The first-order valence-electron chi connectivity index (χ1n) is 11.4. The average Bonchev–Trinajstić information content (AvgIpc) is 2.70. The van der Waals surface area contributed by atoms with Crippen LogP contribution in [0.5, 0.6) is 0 Å². The van der Waals surface area contributed by atoms with E-state index in [-0.39, 0.29) is 6.10 Å². The third-order valence-electron chi connectivity index (χ3n) is 8.40. The summed E-state index contributed by atoms with van der Waals surface area (Å²) in [6.45, 7) is 2.32. The Kier molecular flexibility index (Phi) is 5.46. The summed E-state index contributed by atoms with van der Waals surface area (Å²) >= 11 is 0. The van der Waals surface area contributed by atoms with Crippen molar-refractivity contribution in [1.29, 1.82) is 0 Å². The monoisotopic (exact) mass is 354 g/mol. The molecular formula is C25H38O. The van der Waals surface area contributed by atoms with Crippen molar-refractivity contribution in [3.8, 4) is 0 Å². The van der Waals surface area contributed by atoms with Crippen LogP contribution in [0.4, 0.5) is 0 Å².